The summed E-state index contributed by atoms with van der Waals surface area (Å²) >= 11 is 0. The molecule has 10 rings (SSSR count). The Morgan fingerprint density at radius 1 is 0.468 bits per heavy atom. The van der Waals surface area contributed by atoms with Crippen LogP contribution in [-0.4, -0.2) is 9.55 Å². The predicted molar refractivity (Wildman–Crippen MR) is 197 cm³/mol. The highest BCUT2D eigenvalue weighted by molar-refractivity contribution is 6.22. The van der Waals surface area contributed by atoms with Gasteiger partial charge < -0.3 is 8.98 Å². The molecule has 3 heteroatoms. The summed E-state index contributed by atoms with van der Waals surface area (Å²) in [5, 5.41) is 9.55. The second kappa shape index (κ2) is 9.90. The van der Waals surface area contributed by atoms with E-state index in [9.17, 15) is 0 Å². The second-order valence-corrected chi connectivity index (χ2v) is 12.4. The Hall–Kier alpha value is -6.19. The molecule has 0 N–H and O–H groups in total. The Kier molecular flexibility index (Phi) is 5.49. The Bertz CT molecular complexity index is 2800. The van der Waals surface area contributed by atoms with Gasteiger partial charge in [-0.2, -0.15) is 0 Å². The maximum atomic E-state index is 6.47. The lowest BCUT2D eigenvalue weighted by molar-refractivity contribution is 0.672. The number of nitrogens with zero attached hydrogens (tertiary/aromatic N) is 2. The lowest BCUT2D eigenvalue weighted by atomic mass is 9.85. The zero-order chi connectivity index (χ0) is 31.1. The fourth-order valence-corrected chi connectivity index (χ4v) is 7.60. The van der Waals surface area contributed by atoms with Crippen LogP contribution >= 0.6 is 0 Å². The van der Waals surface area contributed by atoms with E-state index in [1.54, 1.807) is 0 Å². The molecule has 8 aromatic carbocycles. The highest BCUT2D eigenvalue weighted by atomic mass is 16.3. The zero-order valence-electron chi connectivity index (χ0n) is 25.7. The lowest BCUT2D eigenvalue weighted by Gasteiger charge is -2.18. The van der Waals surface area contributed by atoms with Crippen molar-refractivity contribution in [2.75, 3.05) is 0 Å². The molecule has 0 aliphatic carbocycles. The molecule has 0 fully saturated rings. The molecule has 0 saturated heterocycles. The molecule has 0 saturated carbocycles. The summed E-state index contributed by atoms with van der Waals surface area (Å²) in [4.78, 5) is 4.94. The first-order valence-electron chi connectivity index (χ1n) is 16.0. The minimum atomic E-state index is 0.908. The molecule has 0 atom stereocenters. The molecule has 0 bridgehead atoms. The number of furan rings is 1. The van der Waals surface area contributed by atoms with Crippen LogP contribution in [0.2, 0.25) is 0 Å². The molecule has 0 spiro atoms. The average molecular weight is 601 g/mol. The van der Waals surface area contributed by atoms with Crippen LogP contribution in [0.1, 0.15) is 0 Å². The largest absolute Gasteiger partial charge is 0.455 e. The number of aryl methyl sites for hydroxylation is 1. The van der Waals surface area contributed by atoms with Crippen molar-refractivity contribution in [2.45, 2.75) is 0 Å². The van der Waals surface area contributed by atoms with Gasteiger partial charge in [0.25, 0.3) is 0 Å². The Morgan fingerprint density at radius 3 is 1.74 bits per heavy atom. The van der Waals surface area contributed by atoms with Crippen LogP contribution in [-0.2, 0) is 7.05 Å². The van der Waals surface area contributed by atoms with E-state index in [4.69, 9.17) is 9.40 Å². The molecule has 2 aromatic heterocycles. The maximum Gasteiger partial charge on any atom is 0.143 e. The first-order chi connectivity index (χ1) is 23.2. The molecule has 47 heavy (non-hydrogen) atoms. The number of imidazole rings is 1. The Balaban J connectivity index is 1.18. The number of fused-ring (bicyclic) bond motifs is 8. The van der Waals surface area contributed by atoms with Gasteiger partial charge in [0.05, 0.1) is 11.0 Å². The first-order valence-corrected chi connectivity index (χ1v) is 16.0. The van der Waals surface area contributed by atoms with Crippen molar-refractivity contribution in [3.63, 3.8) is 0 Å². The van der Waals surface area contributed by atoms with Crippen molar-refractivity contribution >= 4 is 65.3 Å². The van der Waals surface area contributed by atoms with Gasteiger partial charge in [0.2, 0.25) is 0 Å². The summed E-state index contributed by atoms with van der Waals surface area (Å²) in [7, 11) is 2.09. The normalized spacial score (nSPS) is 11.9. The molecular weight excluding hydrogens is 572 g/mol. The third-order valence-electron chi connectivity index (χ3n) is 9.80. The average Bonchev–Trinajstić information content (AvgIpc) is 3.68. The molecule has 0 aliphatic rings. The van der Waals surface area contributed by atoms with E-state index in [0.717, 1.165) is 49.7 Å². The monoisotopic (exact) mass is 600 g/mol. The standard InChI is InChI=1S/C44H28N2O/c1-46-39-17-9-8-16-38(39)45-44(46)29-20-18-28(19-21-29)41-32-12-4-6-14-34(32)42(35-15-7-5-13-33(35)41)30-23-25-40-37(26-30)36-24-22-27-10-2-3-11-31(27)43(36)47-40/h2-26H,1H3. The SMILES string of the molecule is Cn1c(-c2ccc(-c3c4ccccc4c(-c4ccc5oc6c7ccccc7ccc6c5c4)c4ccccc34)cc2)nc2ccccc21. The Morgan fingerprint density at radius 2 is 1.04 bits per heavy atom. The van der Waals surface area contributed by atoms with Crippen LogP contribution < -0.4 is 0 Å². The summed E-state index contributed by atoms with van der Waals surface area (Å²) in [5.41, 5.74) is 9.97. The summed E-state index contributed by atoms with van der Waals surface area (Å²) < 4.78 is 8.64. The Labute approximate surface area is 270 Å². The minimum absolute atomic E-state index is 0.908. The van der Waals surface area contributed by atoms with Gasteiger partial charge in [-0.1, -0.05) is 121 Å². The van der Waals surface area contributed by atoms with Crippen molar-refractivity contribution in [1.82, 2.24) is 9.55 Å². The van der Waals surface area contributed by atoms with Gasteiger partial charge in [0.15, 0.2) is 0 Å². The van der Waals surface area contributed by atoms with Crippen molar-refractivity contribution < 1.29 is 4.42 Å². The number of rotatable bonds is 3. The number of aromatic nitrogens is 2. The number of hydrogen-bond acceptors (Lipinski definition) is 2. The minimum Gasteiger partial charge on any atom is -0.455 e. The molecule has 0 amide bonds. The van der Waals surface area contributed by atoms with Crippen LogP contribution in [0, 0.1) is 0 Å². The van der Waals surface area contributed by atoms with Crippen LogP contribution in [0.15, 0.2) is 156 Å². The summed E-state index contributed by atoms with van der Waals surface area (Å²) in [5.74, 6) is 0.970. The van der Waals surface area contributed by atoms with E-state index in [1.807, 2.05) is 6.07 Å². The quantitative estimate of drug-likeness (QED) is 0.189. The fourth-order valence-electron chi connectivity index (χ4n) is 7.60. The van der Waals surface area contributed by atoms with E-state index in [-0.39, 0.29) is 0 Å². The topological polar surface area (TPSA) is 31.0 Å². The van der Waals surface area contributed by atoms with Crippen LogP contribution in [0.25, 0.3) is 98.9 Å². The molecule has 0 unspecified atom stereocenters. The molecule has 10 aromatic rings. The van der Waals surface area contributed by atoms with Crippen LogP contribution in [0.3, 0.4) is 0 Å². The zero-order valence-corrected chi connectivity index (χ0v) is 25.7. The predicted octanol–water partition coefficient (Wildman–Crippen LogP) is 11.9. The third-order valence-corrected chi connectivity index (χ3v) is 9.80. The van der Waals surface area contributed by atoms with Gasteiger partial charge in [-0.3, -0.25) is 0 Å². The van der Waals surface area contributed by atoms with E-state index < -0.39 is 0 Å². The molecular formula is C44H28N2O. The van der Waals surface area contributed by atoms with Gasteiger partial charge in [-0.25, -0.2) is 4.98 Å². The van der Waals surface area contributed by atoms with Crippen molar-refractivity contribution in [1.29, 1.82) is 0 Å². The fraction of sp³-hybridized carbons (Fsp3) is 0.0227. The van der Waals surface area contributed by atoms with Crippen molar-refractivity contribution in [3.8, 4) is 33.6 Å². The molecule has 3 nitrogen and oxygen atoms in total. The molecule has 2 heterocycles. The summed E-state index contributed by atoms with van der Waals surface area (Å²) in [6.07, 6.45) is 0. The summed E-state index contributed by atoms with van der Waals surface area (Å²) in [6, 6.07) is 54.3. The van der Waals surface area contributed by atoms with E-state index in [1.165, 1.54) is 49.2 Å². The summed E-state index contributed by atoms with van der Waals surface area (Å²) in [6.45, 7) is 0. The van der Waals surface area contributed by atoms with Crippen LogP contribution in [0.5, 0.6) is 0 Å². The van der Waals surface area contributed by atoms with Crippen molar-refractivity contribution in [3.05, 3.63) is 152 Å². The van der Waals surface area contributed by atoms with Gasteiger partial charge in [0.1, 0.15) is 17.0 Å². The smallest absolute Gasteiger partial charge is 0.143 e. The van der Waals surface area contributed by atoms with Crippen LogP contribution in [0.4, 0.5) is 0 Å². The number of hydrogen-bond donors (Lipinski definition) is 0. The number of para-hydroxylation sites is 2. The highest BCUT2D eigenvalue weighted by Crippen LogP contribution is 2.45. The second-order valence-electron chi connectivity index (χ2n) is 12.4. The van der Waals surface area contributed by atoms with E-state index >= 15 is 0 Å². The van der Waals surface area contributed by atoms with E-state index in [0.29, 0.717) is 0 Å². The van der Waals surface area contributed by atoms with Gasteiger partial charge >= 0.3 is 0 Å². The maximum absolute atomic E-state index is 6.47. The number of benzene rings is 8. The highest BCUT2D eigenvalue weighted by Gasteiger charge is 2.19. The third kappa shape index (κ3) is 3.84. The van der Waals surface area contributed by atoms with Gasteiger partial charge in [-0.05, 0) is 79.5 Å². The van der Waals surface area contributed by atoms with Crippen molar-refractivity contribution in [2.24, 2.45) is 7.05 Å². The van der Waals surface area contributed by atoms with E-state index in [2.05, 4.69) is 157 Å². The van der Waals surface area contributed by atoms with Gasteiger partial charge in [0, 0.05) is 28.8 Å². The van der Waals surface area contributed by atoms with Gasteiger partial charge in [-0.15, -0.1) is 0 Å². The molecule has 0 radical (unpaired) electrons. The lowest BCUT2D eigenvalue weighted by Crippen LogP contribution is -1.93. The first kappa shape index (κ1) is 26.1. The molecule has 0 aliphatic heterocycles. The molecule has 220 valence electrons.